The number of H-pyrrole nitrogens is 1. The van der Waals surface area contributed by atoms with Crippen molar-refractivity contribution in [2.45, 2.75) is 26.7 Å². The Balaban J connectivity index is 1.62. The Morgan fingerprint density at radius 1 is 1.14 bits per heavy atom. The van der Waals surface area contributed by atoms with Crippen LogP contribution in [-0.4, -0.2) is 23.1 Å². The Hall–Kier alpha value is -2.43. The third kappa shape index (κ3) is 2.22. The zero-order valence-electron chi connectivity index (χ0n) is 12.8. The van der Waals surface area contributed by atoms with Crippen molar-refractivity contribution in [3.63, 3.8) is 0 Å². The van der Waals surface area contributed by atoms with E-state index >= 15 is 0 Å². The van der Waals surface area contributed by atoms with Gasteiger partial charge >= 0.3 is 0 Å². The number of hydrogen-bond acceptors (Lipinski definition) is 4. The first-order valence-corrected chi connectivity index (χ1v) is 7.68. The van der Waals surface area contributed by atoms with Crippen LogP contribution >= 0.6 is 0 Å². The lowest BCUT2D eigenvalue weighted by atomic mass is 10.2. The summed E-state index contributed by atoms with van der Waals surface area (Å²) in [5.41, 5.74) is 1.95. The van der Waals surface area contributed by atoms with E-state index in [0.717, 1.165) is 53.3 Å². The molecule has 0 atom stereocenters. The first-order chi connectivity index (χ1) is 10.7. The molecule has 3 aromatic heterocycles. The topological polar surface area (TPSA) is 58.2 Å². The van der Waals surface area contributed by atoms with Crippen molar-refractivity contribution in [3.8, 4) is 23.0 Å². The van der Waals surface area contributed by atoms with Gasteiger partial charge in [0.25, 0.3) is 0 Å². The molecule has 0 unspecified atom stereocenters. The fourth-order valence-electron chi connectivity index (χ4n) is 3.02. The molecule has 114 valence electrons. The van der Waals surface area contributed by atoms with Crippen LogP contribution in [0.2, 0.25) is 0 Å². The number of anilines is 1. The van der Waals surface area contributed by atoms with Gasteiger partial charge < -0.3 is 18.7 Å². The lowest BCUT2D eigenvalue weighted by molar-refractivity contribution is 0.543. The number of aryl methyl sites for hydroxylation is 2. The quantitative estimate of drug-likeness (QED) is 0.789. The molecule has 22 heavy (non-hydrogen) atoms. The van der Waals surface area contributed by atoms with Crippen molar-refractivity contribution in [2.24, 2.45) is 0 Å². The highest BCUT2D eigenvalue weighted by Gasteiger charge is 2.18. The van der Waals surface area contributed by atoms with E-state index in [1.807, 2.05) is 32.0 Å². The van der Waals surface area contributed by atoms with E-state index in [1.54, 1.807) is 6.20 Å². The molecule has 0 aromatic carbocycles. The summed E-state index contributed by atoms with van der Waals surface area (Å²) in [6, 6.07) is 6.03. The number of aromatic nitrogens is 2. The summed E-state index contributed by atoms with van der Waals surface area (Å²) in [5.74, 6) is 4.16. The Bertz CT molecular complexity index is 791. The molecule has 1 aliphatic heterocycles. The molecule has 4 heterocycles. The molecule has 1 N–H and O–H groups in total. The van der Waals surface area contributed by atoms with Gasteiger partial charge in [0, 0.05) is 19.2 Å². The maximum atomic E-state index is 5.96. The van der Waals surface area contributed by atoms with Crippen molar-refractivity contribution in [1.29, 1.82) is 0 Å². The fourth-order valence-corrected chi connectivity index (χ4v) is 3.02. The number of imidazole rings is 1. The molecule has 4 rings (SSSR count). The number of furan rings is 2. The fraction of sp³-hybridized carbons (Fsp3) is 0.353. The minimum Gasteiger partial charge on any atom is -0.458 e. The summed E-state index contributed by atoms with van der Waals surface area (Å²) in [6.45, 7) is 6.11. The second-order valence-electron chi connectivity index (χ2n) is 5.85. The predicted octanol–water partition coefficient (Wildman–Crippen LogP) is 4.15. The third-order valence-corrected chi connectivity index (χ3v) is 4.11. The molecular formula is C17H19N3O2. The largest absolute Gasteiger partial charge is 0.458 e. The molecule has 1 saturated heterocycles. The molecule has 3 aromatic rings. The SMILES string of the molecule is Cc1cc(C)c(-c2ncc(-c3ccc(N4CCCC4)o3)[nH]2)o1. The average Bonchev–Trinajstić information content (AvgIpc) is 3.26. The highest BCUT2D eigenvalue weighted by molar-refractivity contribution is 5.61. The minimum atomic E-state index is 0.736. The Morgan fingerprint density at radius 2 is 1.95 bits per heavy atom. The zero-order chi connectivity index (χ0) is 15.1. The zero-order valence-corrected chi connectivity index (χ0v) is 12.8. The van der Waals surface area contributed by atoms with Crippen LogP contribution in [0, 0.1) is 13.8 Å². The number of nitrogens with zero attached hydrogens (tertiary/aromatic N) is 2. The van der Waals surface area contributed by atoms with Crippen LogP contribution in [0.5, 0.6) is 0 Å². The molecule has 0 bridgehead atoms. The summed E-state index contributed by atoms with van der Waals surface area (Å²) >= 11 is 0. The molecule has 5 heteroatoms. The van der Waals surface area contributed by atoms with Crippen LogP contribution in [0.4, 0.5) is 5.88 Å². The predicted molar refractivity (Wildman–Crippen MR) is 84.9 cm³/mol. The number of nitrogens with one attached hydrogen (secondary N) is 1. The summed E-state index contributed by atoms with van der Waals surface area (Å²) < 4.78 is 11.7. The summed E-state index contributed by atoms with van der Waals surface area (Å²) in [7, 11) is 0. The van der Waals surface area contributed by atoms with E-state index in [9.17, 15) is 0 Å². The Morgan fingerprint density at radius 3 is 2.68 bits per heavy atom. The second kappa shape index (κ2) is 5.09. The van der Waals surface area contributed by atoms with Crippen molar-refractivity contribution < 1.29 is 8.83 Å². The van der Waals surface area contributed by atoms with Gasteiger partial charge in [-0.05, 0) is 44.4 Å². The molecule has 1 fully saturated rings. The van der Waals surface area contributed by atoms with Gasteiger partial charge in [0.05, 0.1) is 6.20 Å². The van der Waals surface area contributed by atoms with E-state index in [0.29, 0.717) is 0 Å². The average molecular weight is 297 g/mol. The number of aromatic amines is 1. The summed E-state index contributed by atoms with van der Waals surface area (Å²) in [4.78, 5) is 9.99. The van der Waals surface area contributed by atoms with E-state index < -0.39 is 0 Å². The first-order valence-electron chi connectivity index (χ1n) is 7.68. The minimum absolute atomic E-state index is 0.736. The van der Waals surface area contributed by atoms with Crippen LogP contribution in [0.3, 0.4) is 0 Å². The van der Waals surface area contributed by atoms with Gasteiger partial charge in [-0.3, -0.25) is 0 Å². The van der Waals surface area contributed by atoms with Crippen LogP contribution < -0.4 is 4.90 Å². The van der Waals surface area contributed by atoms with Gasteiger partial charge in [0.15, 0.2) is 23.2 Å². The number of hydrogen-bond donors (Lipinski definition) is 1. The normalized spacial score (nSPS) is 14.9. The lowest BCUT2D eigenvalue weighted by Gasteiger charge is -2.12. The van der Waals surface area contributed by atoms with E-state index in [1.165, 1.54) is 12.8 Å². The van der Waals surface area contributed by atoms with Crippen molar-refractivity contribution in [2.75, 3.05) is 18.0 Å². The van der Waals surface area contributed by atoms with Crippen LogP contribution in [0.25, 0.3) is 23.0 Å². The third-order valence-electron chi connectivity index (χ3n) is 4.11. The molecule has 1 aliphatic rings. The van der Waals surface area contributed by atoms with Gasteiger partial charge in [-0.2, -0.15) is 0 Å². The van der Waals surface area contributed by atoms with Crippen molar-refractivity contribution in [3.05, 3.63) is 35.7 Å². The molecule has 0 spiro atoms. The highest BCUT2D eigenvalue weighted by atomic mass is 16.4. The molecule has 0 amide bonds. The summed E-state index contributed by atoms with van der Waals surface area (Å²) in [5, 5.41) is 0. The Labute approximate surface area is 129 Å². The van der Waals surface area contributed by atoms with E-state index in [-0.39, 0.29) is 0 Å². The van der Waals surface area contributed by atoms with Gasteiger partial charge in [-0.25, -0.2) is 4.98 Å². The maximum absolute atomic E-state index is 5.96. The van der Waals surface area contributed by atoms with Gasteiger partial charge in [0.2, 0.25) is 0 Å². The molecule has 0 radical (unpaired) electrons. The van der Waals surface area contributed by atoms with Gasteiger partial charge in [-0.15, -0.1) is 0 Å². The second-order valence-corrected chi connectivity index (χ2v) is 5.85. The lowest BCUT2D eigenvalue weighted by Crippen LogP contribution is -2.16. The van der Waals surface area contributed by atoms with Gasteiger partial charge in [-0.1, -0.05) is 0 Å². The standard InChI is InChI=1S/C17H19N3O2/c1-11-9-12(2)21-16(11)17-18-10-13(19-17)14-5-6-15(22-14)20-7-3-4-8-20/h5-6,9-10H,3-4,7-8H2,1-2H3,(H,18,19). The van der Waals surface area contributed by atoms with Crippen LogP contribution in [0.15, 0.2) is 33.2 Å². The summed E-state index contributed by atoms with van der Waals surface area (Å²) in [6.07, 6.45) is 4.27. The maximum Gasteiger partial charge on any atom is 0.196 e. The number of rotatable bonds is 3. The first kappa shape index (κ1) is 13.2. The highest BCUT2D eigenvalue weighted by Crippen LogP contribution is 2.30. The smallest absolute Gasteiger partial charge is 0.196 e. The van der Waals surface area contributed by atoms with Crippen LogP contribution in [0.1, 0.15) is 24.2 Å². The van der Waals surface area contributed by atoms with Gasteiger partial charge in [0.1, 0.15) is 11.5 Å². The van der Waals surface area contributed by atoms with Crippen molar-refractivity contribution >= 4 is 5.88 Å². The van der Waals surface area contributed by atoms with E-state index in [2.05, 4.69) is 14.9 Å². The monoisotopic (exact) mass is 297 g/mol. The molecule has 5 nitrogen and oxygen atoms in total. The Kier molecular flexibility index (Phi) is 3.06. The molecular weight excluding hydrogens is 278 g/mol. The van der Waals surface area contributed by atoms with Crippen LogP contribution in [-0.2, 0) is 0 Å². The van der Waals surface area contributed by atoms with Crippen molar-refractivity contribution in [1.82, 2.24) is 9.97 Å². The molecule has 0 aliphatic carbocycles. The van der Waals surface area contributed by atoms with E-state index in [4.69, 9.17) is 8.83 Å². The molecule has 0 saturated carbocycles.